The highest BCUT2D eigenvalue weighted by atomic mass is 16.2. The SMILES string of the molecule is CCCC(C)NC(=O)C(C)NCCCCn1ccnc1. The maximum atomic E-state index is 11.9. The van der Waals surface area contributed by atoms with E-state index >= 15 is 0 Å². The van der Waals surface area contributed by atoms with Gasteiger partial charge < -0.3 is 15.2 Å². The van der Waals surface area contributed by atoms with Crippen molar-refractivity contribution in [3.8, 4) is 0 Å². The van der Waals surface area contributed by atoms with Crippen LogP contribution in [0.15, 0.2) is 18.7 Å². The van der Waals surface area contributed by atoms with E-state index in [0.29, 0.717) is 0 Å². The van der Waals surface area contributed by atoms with Crippen LogP contribution in [0, 0.1) is 0 Å². The zero-order valence-corrected chi connectivity index (χ0v) is 12.9. The Hall–Kier alpha value is -1.36. The molecule has 2 N–H and O–H groups in total. The van der Waals surface area contributed by atoms with Crippen LogP contribution >= 0.6 is 0 Å². The number of rotatable bonds is 10. The first-order chi connectivity index (χ1) is 9.63. The summed E-state index contributed by atoms with van der Waals surface area (Å²) in [6.07, 6.45) is 9.87. The minimum atomic E-state index is -0.123. The van der Waals surface area contributed by atoms with Crippen LogP contribution in [-0.2, 0) is 11.3 Å². The van der Waals surface area contributed by atoms with Crippen LogP contribution < -0.4 is 10.6 Å². The topological polar surface area (TPSA) is 59.0 Å². The van der Waals surface area contributed by atoms with Gasteiger partial charge in [-0.2, -0.15) is 0 Å². The Morgan fingerprint density at radius 3 is 2.80 bits per heavy atom. The number of amides is 1. The molecule has 1 heterocycles. The molecule has 0 aliphatic heterocycles. The number of nitrogens with one attached hydrogen (secondary N) is 2. The Bertz CT molecular complexity index is 364. The van der Waals surface area contributed by atoms with Crippen LogP contribution in [0.1, 0.15) is 46.5 Å². The van der Waals surface area contributed by atoms with Gasteiger partial charge in [-0.3, -0.25) is 4.79 Å². The first kappa shape index (κ1) is 16.7. The molecule has 2 unspecified atom stereocenters. The molecular weight excluding hydrogens is 252 g/mol. The highest BCUT2D eigenvalue weighted by molar-refractivity contribution is 5.81. The van der Waals surface area contributed by atoms with Crippen LogP contribution in [0.25, 0.3) is 0 Å². The van der Waals surface area contributed by atoms with Crippen molar-refractivity contribution >= 4 is 5.91 Å². The summed E-state index contributed by atoms with van der Waals surface area (Å²) in [5.74, 6) is 0.0977. The van der Waals surface area contributed by atoms with Gasteiger partial charge >= 0.3 is 0 Å². The van der Waals surface area contributed by atoms with E-state index in [1.54, 1.807) is 6.20 Å². The van der Waals surface area contributed by atoms with Gasteiger partial charge in [0.25, 0.3) is 0 Å². The number of carbonyl (C=O) groups excluding carboxylic acids is 1. The largest absolute Gasteiger partial charge is 0.352 e. The third-order valence-corrected chi connectivity index (χ3v) is 3.36. The Labute approximate surface area is 122 Å². The summed E-state index contributed by atoms with van der Waals surface area (Å²) in [6.45, 7) is 7.95. The summed E-state index contributed by atoms with van der Waals surface area (Å²) < 4.78 is 2.07. The molecule has 5 heteroatoms. The molecule has 1 rings (SSSR count). The summed E-state index contributed by atoms with van der Waals surface area (Å²) in [5, 5.41) is 6.30. The number of nitrogens with zero attached hydrogens (tertiary/aromatic N) is 2. The van der Waals surface area contributed by atoms with Gasteiger partial charge in [0, 0.05) is 25.0 Å². The molecule has 2 atom stereocenters. The maximum absolute atomic E-state index is 11.9. The van der Waals surface area contributed by atoms with Crippen molar-refractivity contribution in [1.29, 1.82) is 0 Å². The first-order valence-corrected chi connectivity index (χ1v) is 7.63. The fourth-order valence-corrected chi connectivity index (χ4v) is 2.12. The molecule has 1 aromatic heterocycles. The Kier molecular flexibility index (Phi) is 7.95. The van der Waals surface area contributed by atoms with E-state index in [1.807, 2.05) is 19.4 Å². The van der Waals surface area contributed by atoms with Crippen molar-refractivity contribution in [1.82, 2.24) is 20.2 Å². The zero-order valence-electron chi connectivity index (χ0n) is 12.9. The van der Waals surface area contributed by atoms with E-state index < -0.39 is 0 Å². The number of carbonyl (C=O) groups is 1. The lowest BCUT2D eigenvalue weighted by Gasteiger charge is -2.18. The molecule has 1 aromatic rings. The molecular formula is C15H28N4O. The van der Waals surface area contributed by atoms with Crippen molar-refractivity contribution in [3.05, 3.63) is 18.7 Å². The number of aromatic nitrogens is 2. The molecule has 114 valence electrons. The van der Waals surface area contributed by atoms with Gasteiger partial charge in [0.1, 0.15) is 0 Å². The summed E-state index contributed by atoms with van der Waals surface area (Å²) in [4.78, 5) is 15.9. The summed E-state index contributed by atoms with van der Waals surface area (Å²) in [5.41, 5.74) is 0. The fourth-order valence-electron chi connectivity index (χ4n) is 2.12. The third kappa shape index (κ3) is 6.70. The van der Waals surface area contributed by atoms with Crippen LogP contribution in [0.2, 0.25) is 0 Å². The van der Waals surface area contributed by atoms with E-state index in [9.17, 15) is 4.79 Å². The third-order valence-electron chi connectivity index (χ3n) is 3.36. The molecule has 0 bridgehead atoms. The minimum Gasteiger partial charge on any atom is -0.352 e. The molecule has 1 amide bonds. The predicted octanol–water partition coefficient (Wildman–Crippen LogP) is 1.95. The Balaban J connectivity index is 2.06. The van der Waals surface area contributed by atoms with Crippen LogP contribution in [-0.4, -0.2) is 34.1 Å². The molecule has 0 fully saturated rings. The normalized spacial score (nSPS) is 13.9. The van der Waals surface area contributed by atoms with Crippen LogP contribution in [0.3, 0.4) is 0 Å². The van der Waals surface area contributed by atoms with E-state index in [4.69, 9.17) is 0 Å². The van der Waals surface area contributed by atoms with Crippen molar-refractivity contribution in [2.45, 2.75) is 65.1 Å². The van der Waals surface area contributed by atoms with Gasteiger partial charge in [0.15, 0.2) is 0 Å². The molecule has 0 aliphatic rings. The Morgan fingerprint density at radius 1 is 1.35 bits per heavy atom. The number of aryl methyl sites for hydroxylation is 1. The molecule has 0 saturated carbocycles. The lowest BCUT2D eigenvalue weighted by molar-refractivity contribution is -0.123. The number of hydrogen-bond donors (Lipinski definition) is 2. The highest BCUT2D eigenvalue weighted by Gasteiger charge is 2.13. The van der Waals surface area contributed by atoms with Crippen LogP contribution in [0.5, 0.6) is 0 Å². The zero-order chi connectivity index (χ0) is 14.8. The second-order valence-electron chi connectivity index (χ2n) is 5.38. The van der Waals surface area contributed by atoms with Crippen molar-refractivity contribution in [3.63, 3.8) is 0 Å². The quantitative estimate of drug-likeness (QED) is 0.644. The van der Waals surface area contributed by atoms with Gasteiger partial charge in [-0.1, -0.05) is 13.3 Å². The lowest BCUT2D eigenvalue weighted by Crippen LogP contribution is -2.45. The van der Waals surface area contributed by atoms with E-state index in [-0.39, 0.29) is 18.0 Å². The van der Waals surface area contributed by atoms with E-state index in [1.165, 1.54) is 0 Å². The summed E-state index contributed by atoms with van der Waals surface area (Å²) in [7, 11) is 0. The fraction of sp³-hybridized carbons (Fsp3) is 0.733. The molecule has 0 aromatic carbocycles. The van der Waals surface area contributed by atoms with Gasteiger partial charge in [0.2, 0.25) is 5.91 Å². The second-order valence-corrected chi connectivity index (χ2v) is 5.38. The van der Waals surface area contributed by atoms with E-state index in [2.05, 4.69) is 34.0 Å². The smallest absolute Gasteiger partial charge is 0.237 e. The van der Waals surface area contributed by atoms with Crippen molar-refractivity contribution < 1.29 is 4.79 Å². The second kappa shape index (κ2) is 9.53. The molecule has 5 nitrogen and oxygen atoms in total. The number of hydrogen-bond acceptors (Lipinski definition) is 3. The molecule has 0 spiro atoms. The van der Waals surface area contributed by atoms with Gasteiger partial charge in [0.05, 0.1) is 12.4 Å². The van der Waals surface area contributed by atoms with Crippen LogP contribution in [0.4, 0.5) is 0 Å². The maximum Gasteiger partial charge on any atom is 0.237 e. The lowest BCUT2D eigenvalue weighted by atomic mass is 10.2. The predicted molar refractivity (Wildman–Crippen MR) is 81.4 cm³/mol. The van der Waals surface area contributed by atoms with Gasteiger partial charge in [-0.15, -0.1) is 0 Å². The summed E-state index contributed by atoms with van der Waals surface area (Å²) >= 11 is 0. The average molecular weight is 280 g/mol. The highest BCUT2D eigenvalue weighted by Crippen LogP contribution is 1.97. The number of unbranched alkanes of at least 4 members (excludes halogenated alkanes) is 1. The van der Waals surface area contributed by atoms with E-state index in [0.717, 1.165) is 38.8 Å². The monoisotopic (exact) mass is 280 g/mol. The average Bonchev–Trinajstić information content (AvgIpc) is 2.91. The molecule has 0 saturated heterocycles. The molecule has 20 heavy (non-hydrogen) atoms. The molecule has 0 radical (unpaired) electrons. The summed E-state index contributed by atoms with van der Waals surface area (Å²) in [6, 6.07) is 0.139. The van der Waals surface area contributed by atoms with Gasteiger partial charge in [-0.05, 0) is 39.7 Å². The Morgan fingerprint density at radius 2 is 2.15 bits per heavy atom. The first-order valence-electron chi connectivity index (χ1n) is 7.63. The standard InChI is InChI=1S/C15H28N4O/c1-4-7-13(2)18-15(20)14(3)17-8-5-6-10-19-11-9-16-12-19/h9,11-14,17H,4-8,10H2,1-3H3,(H,18,20). The number of imidazole rings is 1. The minimum absolute atomic E-state index is 0.0977. The van der Waals surface area contributed by atoms with Crippen molar-refractivity contribution in [2.75, 3.05) is 6.54 Å². The molecule has 0 aliphatic carbocycles. The van der Waals surface area contributed by atoms with Gasteiger partial charge in [-0.25, -0.2) is 4.98 Å². The van der Waals surface area contributed by atoms with Crippen molar-refractivity contribution in [2.24, 2.45) is 0 Å².